The Kier molecular flexibility index (Phi) is 4.77. The van der Waals surface area contributed by atoms with Crippen molar-refractivity contribution in [3.8, 4) is 0 Å². The van der Waals surface area contributed by atoms with Gasteiger partial charge in [-0.25, -0.2) is 0 Å². The molecule has 0 aliphatic heterocycles. The molecule has 0 saturated carbocycles. The highest BCUT2D eigenvalue weighted by atomic mass is 32.1. The van der Waals surface area contributed by atoms with E-state index in [1.165, 1.54) is 28.8 Å². The summed E-state index contributed by atoms with van der Waals surface area (Å²) in [6.45, 7) is 5.42. The molecule has 2 rings (SSSR count). The molecule has 1 atom stereocenters. The van der Waals surface area contributed by atoms with Crippen molar-refractivity contribution in [2.75, 3.05) is 6.54 Å². The molecule has 1 N–H and O–H groups in total. The summed E-state index contributed by atoms with van der Waals surface area (Å²) in [5, 5.41) is 10.2. The monoisotopic (exact) mass is 265 g/mol. The van der Waals surface area contributed by atoms with Gasteiger partial charge in [0.25, 0.3) is 0 Å². The van der Waals surface area contributed by atoms with Gasteiger partial charge in [-0.05, 0) is 65.7 Å². The number of thiophene rings is 2. The Bertz CT molecular complexity index is 431. The third-order valence-electron chi connectivity index (χ3n) is 2.97. The number of rotatable bonds is 6. The standard InChI is InChI=1S/C14H19NS2/c1-3-15-13(14-11(2)6-9-17-14)5-4-12-7-8-16-10-12/h6-10,13,15H,3-5H2,1-2H3. The van der Waals surface area contributed by atoms with E-state index < -0.39 is 0 Å². The summed E-state index contributed by atoms with van der Waals surface area (Å²) in [6, 6.07) is 4.96. The highest BCUT2D eigenvalue weighted by Crippen LogP contribution is 2.27. The van der Waals surface area contributed by atoms with Crippen molar-refractivity contribution in [3.05, 3.63) is 44.3 Å². The maximum Gasteiger partial charge on any atom is 0.0420 e. The van der Waals surface area contributed by atoms with Crippen LogP contribution in [-0.2, 0) is 6.42 Å². The predicted octanol–water partition coefficient (Wildman–Crippen LogP) is 4.40. The largest absolute Gasteiger partial charge is 0.310 e. The Balaban J connectivity index is 2.00. The fourth-order valence-corrected chi connectivity index (χ4v) is 3.80. The van der Waals surface area contributed by atoms with Crippen molar-refractivity contribution in [2.24, 2.45) is 0 Å². The van der Waals surface area contributed by atoms with Gasteiger partial charge < -0.3 is 5.32 Å². The third kappa shape index (κ3) is 3.41. The fraction of sp³-hybridized carbons (Fsp3) is 0.429. The zero-order valence-corrected chi connectivity index (χ0v) is 12.0. The molecule has 92 valence electrons. The third-order valence-corrected chi connectivity index (χ3v) is 4.84. The first-order valence-corrected chi connectivity index (χ1v) is 7.92. The first kappa shape index (κ1) is 12.8. The topological polar surface area (TPSA) is 12.0 Å². The lowest BCUT2D eigenvalue weighted by Gasteiger charge is -2.17. The van der Waals surface area contributed by atoms with E-state index in [0.717, 1.165) is 6.54 Å². The van der Waals surface area contributed by atoms with Crippen LogP contribution in [0, 0.1) is 6.92 Å². The highest BCUT2D eigenvalue weighted by molar-refractivity contribution is 7.10. The molecule has 0 aliphatic carbocycles. The van der Waals surface area contributed by atoms with Crippen LogP contribution in [0.2, 0.25) is 0 Å². The molecule has 2 aromatic rings. The van der Waals surface area contributed by atoms with Gasteiger partial charge in [0.1, 0.15) is 0 Å². The average molecular weight is 265 g/mol. The minimum absolute atomic E-state index is 0.514. The second kappa shape index (κ2) is 6.34. The quantitative estimate of drug-likeness (QED) is 0.816. The van der Waals surface area contributed by atoms with E-state index in [-0.39, 0.29) is 0 Å². The summed E-state index contributed by atoms with van der Waals surface area (Å²) in [5.41, 5.74) is 2.89. The Morgan fingerprint density at radius 2 is 2.18 bits per heavy atom. The van der Waals surface area contributed by atoms with E-state index in [2.05, 4.69) is 47.4 Å². The molecule has 1 unspecified atom stereocenters. The molecule has 0 bridgehead atoms. The molecule has 3 heteroatoms. The Labute approximate surface area is 112 Å². The van der Waals surface area contributed by atoms with Crippen molar-refractivity contribution >= 4 is 22.7 Å². The number of hydrogen-bond acceptors (Lipinski definition) is 3. The summed E-state index contributed by atoms with van der Waals surface area (Å²) in [4.78, 5) is 1.50. The fourth-order valence-electron chi connectivity index (χ4n) is 2.06. The minimum atomic E-state index is 0.514. The lowest BCUT2D eigenvalue weighted by atomic mass is 10.0. The van der Waals surface area contributed by atoms with Gasteiger partial charge >= 0.3 is 0 Å². The molecule has 2 aromatic heterocycles. The van der Waals surface area contributed by atoms with Gasteiger partial charge in [-0.1, -0.05) is 6.92 Å². The maximum atomic E-state index is 3.60. The average Bonchev–Trinajstić information content (AvgIpc) is 2.95. The SMILES string of the molecule is CCNC(CCc1ccsc1)c1sccc1C. The van der Waals surface area contributed by atoms with Gasteiger partial charge in [-0.3, -0.25) is 0 Å². The maximum absolute atomic E-state index is 3.60. The van der Waals surface area contributed by atoms with Crippen LogP contribution in [0.1, 0.15) is 35.4 Å². The lowest BCUT2D eigenvalue weighted by molar-refractivity contribution is 0.521. The molecule has 17 heavy (non-hydrogen) atoms. The van der Waals surface area contributed by atoms with E-state index in [9.17, 15) is 0 Å². The lowest BCUT2D eigenvalue weighted by Crippen LogP contribution is -2.21. The van der Waals surface area contributed by atoms with Crippen LogP contribution < -0.4 is 5.32 Å². The number of nitrogens with one attached hydrogen (secondary N) is 1. The van der Waals surface area contributed by atoms with Crippen molar-refractivity contribution < 1.29 is 0 Å². The second-order valence-electron chi connectivity index (χ2n) is 4.25. The van der Waals surface area contributed by atoms with E-state index in [0.29, 0.717) is 6.04 Å². The van der Waals surface area contributed by atoms with E-state index >= 15 is 0 Å². The first-order valence-electron chi connectivity index (χ1n) is 6.09. The van der Waals surface area contributed by atoms with Gasteiger partial charge in [0, 0.05) is 10.9 Å². The predicted molar refractivity (Wildman–Crippen MR) is 78.1 cm³/mol. The summed E-state index contributed by atoms with van der Waals surface area (Å²) < 4.78 is 0. The number of hydrogen-bond donors (Lipinski definition) is 1. The van der Waals surface area contributed by atoms with E-state index in [1.807, 2.05) is 11.3 Å². The van der Waals surface area contributed by atoms with Crippen LogP contribution in [0.25, 0.3) is 0 Å². The molecular formula is C14H19NS2. The van der Waals surface area contributed by atoms with Gasteiger partial charge in [0.2, 0.25) is 0 Å². The van der Waals surface area contributed by atoms with Crippen LogP contribution in [0.15, 0.2) is 28.3 Å². The zero-order valence-electron chi connectivity index (χ0n) is 10.4. The van der Waals surface area contributed by atoms with Crippen LogP contribution in [0.3, 0.4) is 0 Å². The molecule has 0 aliphatic rings. The van der Waals surface area contributed by atoms with Crippen LogP contribution >= 0.6 is 22.7 Å². The van der Waals surface area contributed by atoms with Crippen molar-refractivity contribution in [3.63, 3.8) is 0 Å². The van der Waals surface area contributed by atoms with E-state index in [1.54, 1.807) is 11.3 Å². The second-order valence-corrected chi connectivity index (χ2v) is 5.98. The van der Waals surface area contributed by atoms with Gasteiger partial charge in [-0.15, -0.1) is 11.3 Å². The normalized spacial score (nSPS) is 12.8. The Morgan fingerprint density at radius 1 is 1.29 bits per heavy atom. The molecule has 0 spiro atoms. The molecule has 2 heterocycles. The molecule has 0 saturated heterocycles. The van der Waals surface area contributed by atoms with Gasteiger partial charge in [-0.2, -0.15) is 11.3 Å². The zero-order chi connectivity index (χ0) is 12.1. The molecular weight excluding hydrogens is 246 g/mol. The first-order chi connectivity index (χ1) is 8.31. The van der Waals surface area contributed by atoms with Crippen LogP contribution in [-0.4, -0.2) is 6.54 Å². The number of aryl methyl sites for hydroxylation is 2. The van der Waals surface area contributed by atoms with Crippen LogP contribution in [0.5, 0.6) is 0 Å². The molecule has 0 fully saturated rings. The van der Waals surface area contributed by atoms with E-state index in [4.69, 9.17) is 0 Å². The Morgan fingerprint density at radius 3 is 2.76 bits per heavy atom. The van der Waals surface area contributed by atoms with Gasteiger partial charge in [0.05, 0.1) is 0 Å². The summed E-state index contributed by atoms with van der Waals surface area (Å²) in [5.74, 6) is 0. The smallest absolute Gasteiger partial charge is 0.0420 e. The summed E-state index contributed by atoms with van der Waals surface area (Å²) in [6.07, 6.45) is 2.35. The molecule has 1 nitrogen and oxygen atoms in total. The van der Waals surface area contributed by atoms with Crippen LogP contribution in [0.4, 0.5) is 0 Å². The van der Waals surface area contributed by atoms with Crippen molar-refractivity contribution in [1.29, 1.82) is 0 Å². The highest BCUT2D eigenvalue weighted by Gasteiger charge is 2.13. The summed E-state index contributed by atoms with van der Waals surface area (Å²) in [7, 11) is 0. The summed E-state index contributed by atoms with van der Waals surface area (Å²) >= 11 is 3.66. The Hall–Kier alpha value is -0.640. The molecule has 0 amide bonds. The van der Waals surface area contributed by atoms with Gasteiger partial charge in [0.15, 0.2) is 0 Å². The molecule has 0 aromatic carbocycles. The van der Waals surface area contributed by atoms with Crippen molar-refractivity contribution in [2.45, 2.75) is 32.7 Å². The van der Waals surface area contributed by atoms with Crippen molar-refractivity contribution in [1.82, 2.24) is 5.32 Å². The minimum Gasteiger partial charge on any atom is -0.310 e. The molecule has 0 radical (unpaired) electrons.